The van der Waals surface area contributed by atoms with Crippen molar-refractivity contribution in [3.05, 3.63) is 64.7 Å². The van der Waals surface area contributed by atoms with Crippen LogP contribution in [0.25, 0.3) is 0 Å². The van der Waals surface area contributed by atoms with Gasteiger partial charge in [0.25, 0.3) is 0 Å². The largest absolute Gasteiger partial charge is 0.466 e. The Morgan fingerprint density at radius 1 is 0.963 bits per heavy atom. The first-order valence-electron chi connectivity index (χ1n) is 8.33. The van der Waals surface area contributed by atoms with E-state index in [0.29, 0.717) is 5.56 Å². The molecule has 2 aromatic carbocycles. The van der Waals surface area contributed by atoms with Crippen molar-refractivity contribution in [1.82, 2.24) is 4.72 Å². The predicted octanol–water partition coefficient (Wildman–Crippen LogP) is 1.69. The molecule has 0 amide bonds. The zero-order valence-electron chi connectivity index (χ0n) is 14.5. The number of carbonyl (C=O) groups is 3. The molecular formula is C19H17NO6S. The first kappa shape index (κ1) is 18.9. The van der Waals surface area contributed by atoms with Gasteiger partial charge in [0.1, 0.15) is 0 Å². The first-order valence-corrected chi connectivity index (χ1v) is 9.81. The van der Waals surface area contributed by atoms with E-state index in [1.807, 2.05) is 0 Å². The highest BCUT2D eigenvalue weighted by atomic mass is 32.2. The third-order valence-electron chi connectivity index (χ3n) is 4.13. The van der Waals surface area contributed by atoms with Crippen LogP contribution in [-0.2, 0) is 19.6 Å². The summed E-state index contributed by atoms with van der Waals surface area (Å²) in [5, 5.41) is 0. The van der Waals surface area contributed by atoms with Gasteiger partial charge in [0.2, 0.25) is 10.0 Å². The topological polar surface area (TPSA) is 107 Å². The van der Waals surface area contributed by atoms with Gasteiger partial charge >= 0.3 is 5.97 Å². The van der Waals surface area contributed by atoms with Gasteiger partial charge in [-0.1, -0.05) is 24.3 Å². The summed E-state index contributed by atoms with van der Waals surface area (Å²) in [6.45, 7) is 1.74. The van der Waals surface area contributed by atoms with Crippen molar-refractivity contribution in [3.8, 4) is 0 Å². The molecule has 0 radical (unpaired) electrons. The van der Waals surface area contributed by atoms with Gasteiger partial charge in [-0.3, -0.25) is 14.4 Å². The van der Waals surface area contributed by atoms with Crippen LogP contribution in [0.3, 0.4) is 0 Å². The van der Waals surface area contributed by atoms with E-state index in [-0.39, 0.29) is 46.9 Å². The minimum absolute atomic E-state index is 0.0481. The lowest BCUT2D eigenvalue weighted by Crippen LogP contribution is -2.28. The maximum Gasteiger partial charge on any atom is 0.307 e. The Kier molecular flexibility index (Phi) is 5.20. The number of hydrogen-bond acceptors (Lipinski definition) is 6. The molecule has 0 unspecified atom stereocenters. The molecule has 0 atom stereocenters. The summed E-state index contributed by atoms with van der Waals surface area (Å²) < 4.78 is 31.9. The number of nitrogens with one attached hydrogen (secondary N) is 1. The van der Waals surface area contributed by atoms with E-state index in [1.165, 1.54) is 24.3 Å². The van der Waals surface area contributed by atoms with Gasteiger partial charge in [0.05, 0.1) is 17.9 Å². The number of hydrogen-bond donors (Lipinski definition) is 1. The molecule has 0 bridgehead atoms. The fourth-order valence-corrected chi connectivity index (χ4v) is 3.91. The minimum atomic E-state index is -3.94. The number of esters is 1. The van der Waals surface area contributed by atoms with Crippen molar-refractivity contribution in [1.29, 1.82) is 0 Å². The third kappa shape index (κ3) is 3.67. The van der Waals surface area contributed by atoms with Crippen LogP contribution in [0.15, 0.2) is 47.4 Å². The number of rotatable bonds is 6. The first-order chi connectivity index (χ1) is 12.8. The molecule has 0 fully saturated rings. The molecule has 0 spiro atoms. The number of sulfonamides is 1. The standard InChI is InChI=1S/C19H17NO6S/c1-2-26-17(21)9-10-20-27(24,25)12-7-8-15-16(11-12)19(23)14-6-4-3-5-13(14)18(15)22/h3-8,11,20H,2,9-10H2,1H3. The van der Waals surface area contributed by atoms with Crippen LogP contribution in [0.4, 0.5) is 0 Å². The van der Waals surface area contributed by atoms with E-state index in [1.54, 1.807) is 25.1 Å². The summed E-state index contributed by atoms with van der Waals surface area (Å²) in [7, 11) is -3.94. The zero-order valence-corrected chi connectivity index (χ0v) is 15.3. The van der Waals surface area contributed by atoms with E-state index < -0.39 is 21.8 Å². The second-order valence-electron chi connectivity index (χ2n) is 5.86. The zero-order chi connectivity index (χ0) is 19.6. The minimum Gasteiger partial charge on any atom is -0.466 e. The number of fused-ring (bicyclic) bond motifs is 2. The summed E-state index contributed by atoms with van der Waals surface area (Å²) in [4.78, 5) is 36.4. The summed E-state index contributed by atoms with van der Waals surface area (Å²) >= 11 is 0. The molecule has 3 rings (SSSR count). The maximum absolute atomic E-state index is 12.7. The van der Waals surface area contributed by atoms with E-state index in [9.17, 15) is 22.8 Å². The van der Waals surface area contributed by atoms with Crippen molar-refractivity contribution in [2.24, 2.45) is 0 Å². The molecule has 0 heterocycles. The lowest BCUT2D eigenvalue weighted by Gasteiger charge is -2.18. The molecule has 1 N–H and O–H groups in total. The quantitative estimate of drug-likeness (QED) is 0.645. The fourth-order valence-electron chi connectivity index (χ4n) is 2.85. The van der Waals surface area contributed by atoms with Crippen LogP contribution in [0.2, 0.25) is 0 Å². The predicted molar refractivity (Wildman–Crippen MR) is 96.2 cm³/mol. The number of ketones is 2. The number of carbonyl (C=O) groups excluding carboxylic acids is 3. The third-order valence-corrected chi connectivity index (χ3v) is 5.59. The molecule has 1 aliphatic carbocycles. The van der Waals surface area contributed by atoms with E-state index >= 15 is 0 Å². The Hall–Kier alpha value is -2.84. The molecule has 2 aromatic rings. The Labute approximate surface area is 156 Å². The van der Waals surface area contributed by atoms with E-state index in [2.05, 4.69) is 4.72 Å². The van der Waals surface area contributed by atoms with Crippen LogP contribution in [0.5, 0.6) is 0 Å². The summed E-state index contributed by atoms with van der Waals surface area (Å²) in [5.41, 5.74) is 0.772. The van der Waals surface area contributed by atoms with Gasteiger partial charge < -0.3 is 4.74 Å². The molecule has 0 aliphatic heterocycles. The smallest absolute Gasteiger partial charge is 0.307 e. The van der Waals surface area contributed by atoms with Crippen molar-refractivity contribution in [2.45, 2.75) is 18.2 Å². The highest BCUT2D eigenvalue weighted by Crippen LogP contribution is 2.28. The lowest BCUT2D eigenvalue weighted by atomic mass is 9.84. The Morgan fingerprint density at radius 2 is 1.56 bits per heavy atom. The molecule has 0 aromatic heterocycles. The molecule has 1 aliphatic rings. The van der Waals surface area contributed by atoms with Crippen LogP contribution >= 0.6 is 0 Å². The average molecular weight is 387 g/mol. The normalized spacial score (nSPS) is 13.1. The van der Waals surface area contributed by atoms with E-state index in [0.717, 1.165) is 0 Å². The van der Waals surface area contributed by atoms with Crippen LogP contribution in [0, 0.1) is 0 Å². The van der Waals surface area contributed by atoms with Crippen LogP contribution in [0.1, 0.15) is 45.2 Å². The highest BCUT2D eigenvalue weighted by Gasteiger charge is 2.30. The van der Waals surface area contributed by atoms with Crippen molar-refractivity contribution >= 4 is 27.6 Å². The van der Waals surface area contributed by atoms with Gasteiger partial charge in [0.15, 0.2) is 11.6 Å². The van der Waals surface area contributed by atoms with Gasteiger partial charge in [0, 0.05) is 28.8 Å². The SMILES string of the molecule is CCOC(=O)CCNS(=O)(=O)c1ccc2c(c1)C(=O)c1ccccc1C2=O. The highest BCUT2D eigenvalue weighted by molar-refractivity contribution is 7.89. The second-order valence-corrected chi connectivity index (χ2v) is 7.63. The Bertz CT molecular complexity index is 1040. The van der Waals surface area contributed by atoms with E-state index in [4.69, 9.17) is 4.74 Å². The average Bonchev–Trinajstić information content (AvgIpc) is 2.66. The van der Waals surface area contributed by atoms with Crippen LogP contribution in [-0.4, -0.2) is 39.1 Å². The lowest BCUT2D eigenvalue weighted by molar-refractivity contribution is -0.142. The van der Waals surface area contributed by atoms with Crippen LogP contribution < -0.4 is 4.72 Å². The maximum atomic E-state index is 12.7. The molecule has 0 saturated carbocycles. The fraction of sp³-hybridized carbons (Fsp3) is 0.211. The van der Waals surface area contributed by atoms with Crippen molar-refractivity contribution < 1.29 is 27.5 Å². The van der Waals surface area contributed by atoms with Gasteiger partial charge in [-0.2, -0.15) is 0 Å². The summed E-state index contributed by atoms with van der Waals surface area (Å²) in [6.07, 6.45) is -0.108. The Morgan fingerprint density at radius 3 is 2.19 bits per heavy atom. The van der Waals surface area contributed by atoms with Crippen molar-refractivity contribution in [3.63, 3.8) is 0 Å². The van der Waals surface area contributed by atoms with Gasteiger partial charge in [-0.25, -0.2) is 13.1 Å². The van der Waals surface area contributed by atoms with Gasteiger partial charge in [-0.15, -0.1) is 0 Å². The number of ether oxygens (including phenoxy) is 1. The Balaban J connectivity index is 1.86. The molecule has 27 heavy (non-hydrogen) atoms. The molecular weight excluding hydrogens is 370 g/mol. The monoisotopic (exact) mass is 387 g/mol. The second kappa shape index (κ2) is 7.42. The van der Waals surface area contributed by atoms with Gasteiger partial charge in [-0.05, 0) is 25.1 Å². The number of benzene rings is 2. The summed E-state index contributed by atoms with van der Waals surface area (Å²) in [6, 6.07) is 10.2. The molecule has 8 heteroatoms. The molecule has 0 saturated heterocycles. The molecule has 7 nitrogen and oxygen atoms in total. The molecule has 140 valence electrons. The van der Waals surface area contributed by atoms with Crippen molar-refractivity contribution in [2.75, 3.05) is 13.2 Å². The summed E-state index contributed by atoms with van der Waals surface area (Å²) in [5.74, 6) is -1.23.